The second-order valence-corrected chi connectivity index (χ2v) is 7.74. The van der Waals surface area contributed by atoms with Crippen molar-refractivity contribution in [1.82, 2.24) is 4.90 Å². The van der Waals surface area contributed by atoms with Gasteiger partial charge in [-0.1, -0.05) is 18.2 Å². The molecule has 26 heavy (non-hydrogen) atoms. The molecule has 1 aromatic heterocycles. The molecular formula is C20H22N2O3S. The Hall–Kier alpha value is -2.18. The van der Waals surface area contributed by atoms with Crippen molar-refractivity contribution in [3.05, 3.63) is 51.9 Å². The van der Waals surface area contributed by atoms with Gasteiger partial charge in [0.25, 0.3) is 11.8 Å². The highest BCUT2D eigenvalue weighted by atomic mass is 32.1. The number of amides is 2. The fourth-order valence-electron chi connectivity index (χ4n) is 3.57. The zero-order valence-corrected chi connectivity index (χ0v) is 15.4. The van der Waals surface area contributed by atoms with Crippen LogP contribution in [-0.2, 0) is 17.6 Å². The van der Waals surface area contributed by atoms with Crippen LogP contribution in [0.5, 0.6) is 0 Å². The van der Waals surface area contributed by atoms with E-state index in [2.05, 4.69) is 5.32 Å². The number of anilines is 1. The molecule has 1 aliphatic heterocycles. The van der Waals surface area contributed by atoms with E-state index in [4.69, 9.17) is 4.74 Å². The Balaban J connectivity index is 1.66. The fourth-order valence-corrected chi connectivity index (χ4v) is 4.85. The minimum Gasteiger partial charge on any atom is -0.378 e. The number of thiophene rings is 1. The van der Waals surface area contributed by atoms with Crippen molar-refractivity contribution < 1.29 is 14.3 Å². The topological polar surface area (TPSA) is 58.6 Å². The van der Waals surface area contributed by atoms with E-state index in [1.54, 1.807) is 23.5 Å². The lowest BCUT2D eigenvalue weighted by Gasteiger charge is -2.27. The number of nitrogens with one attached hydrogen (secondary N) is 1. The predicted molar refractivity (Wildman–Crippen MR) is 102 cm³/mol. The summed E-state index contributed by atoms with van der Waals surface area (Å²) in [6.45, 7) is 2.36. The molecular weight excluding hydrogens is 348 g/mol. The highest BCUT2D eigenvalue weighted by Gasteiger charge is 2.30. The standard InChI is InChI=1S/C20H22N2O3S/c23-18(14-6-2-1-3-7-14)21-19-17(15-8-4-5-9-16(15)26-19)20(24)22-10-12-25-13-11-22/h1-3,6-7H,4-5,8-13H2,(H,21,23). The number of carbonyl (C=O) groups excluding carboxylic acids is 2. The number of carbonyl (C=O) groups is 2. The molecule has 4 rings (SSSR count). The van der Waals surface area contributed by atoms with Gasteiger partial charge in [0.05, 0.1) is 18.8 Å². The molecule has 136 valence electrons. The van der Waals surface area contributed by atoms with Gasteiger partial charge in [0.1, 0.15) is 5.00 Å². The fraction of sp³-hybridized carbons (Fsp3) is 0.400. The van der Waals surface area contributed by atoms with Gasteiger partial charge in [0, 0.05) is 23.5 Å². The average Bonchev–Trinajstić information content (AvgIpc) is 3.06. The summed E-state index contributed by atoms with van der Waals surface area (Å²) in [5, 5.41) is 3.70. The zero-order chi connectivity index (χ0) is 17.9. The van der Waals surface area contributed by atoms with Crippen LogP contribution in [0.2, 0.25) is 0 Å². The smallest absolute Gasteiger partial charge is 0.257 e. The average molecular weight is 370 g/mol. The molecule has 0 unspecified atom stereocenters. The van der Waals surface area contributed by atoms with E-state index in [0.717, 1.165) is 31.2 Å². The van der Waals surface area contributed by atoms with Crippen molar-refractivity contribution in [3.8, 4) is 0 Å². The zero-order valence-electron chi connectivity index (χ0n) is 14.6. The van der Waals surface area contributed by atoms with Crippen molar-refractivity contribution in [2.75, 3.05) is 31.6 Å². The highest BCUT2D eigenvalue weighted by molar-refractivity contribution is 7.17. The molecule has 0 spiro atoms. The number of benzene rings is 1. The molecule has 5 nitrogen and oxygen atoms in total. The van der Waals surface area contributed by atoms with Gasteiger partial charge in [-0.2, -0.15) is 0 Å². The van der Waals surface area contributed by atoms with Crippen LogP contribution in [0.25, 0.3) is 0 Å². The Morgan fingerprint density at radius 1 is 1.04 bits per heavy atom. The number of hydrogen-bond acceptors (Lipinski definition) is 4. The maximum Gasteiger partial charge on any atom is 0.257 e. The Morgan fingerprint density at radius 2 is 1.77 bits per heavy atom. The molecule has 1 aliphatic carbocycles. The summed E-state index contributed by atoms with van der Waals surface area (Å²) in [4.78, 5) is 28.9. The molecule has 0 saturated carbocycles. The first kappa shape index (κ1) is 17.2. The van der Waals surface area contributed by atoms with Crippen LogP contribution in [0, 0.1) is 0 Å². The Labute approximate surface area is 157 Å². The van der Waals surface area contributed by atoms with Gasteiger partial charge in [0.15, 0.2) is 0 Å². The molecule has 2 aromatic rings. The van der Waals surface area contributed by atoms with E-state index in [0.29, 0.717) is 42.4 Å². The van der Waals surface area contributed by atoms with E-state index >= 15 is 0 Å². The maximum absolute atomic E-state index is 13.2. The molecule has 0 bridgehead atoms. The summed E-state index contributed by atoms with van der Waals surface area (Å²) in [5.41, 5.74) is 2.45. The molecule has 1 aromatic carbocycles. The molecule has 1 saturated heterocycles. The predicted octanol–water partition coefficient (Wildman–Crippen LogP) is 3.35. The second kappa shape index (κ2) is 7.60. The van der Waals surface area contributed by atoms with E-state index in [9.17, 15) is 9.59 Å². The molecule has 1 N–H and O–H groups in total. The van der Waals surface area contributed by atoms with E-state index < -0.39 is 0 Å². The van der Waals surface area contributed by atoms with Crippen molar-refractivity contribution >= 4 is 28.2 Å². The second-order valence-electron chi connectivity index (χ2n) is 6.64. The summed E-state index contributed by atoms with van der Waals surface area (Å²) in [6.07, 6.45) is 4.15. The summed E-state index contributed by atoms with van der Waals surface area (Å²) >= 11 is 1.57. The highest BCUT2D eigenvalue weighted by Crippen LogP contribution is 2.39. The molecule has 2 aliphatic rings. The monoisotopic (exact) mass is 370 g/mol. The van der Waals surface area contributed by atoms with Crippen molar-refractivity contribution in [2.45, 2.75) is 25.7 Å². The van der Waals surface area contributed by atoms with Crippen LogP contribution in [0.15, 0.2) is 30.3 Å². The van der Waals surface area contributed by atoms with Crippen molar-refractivity contribution in [3.63, 3.8) is 0 Å². The number of rotatable bonds is 3. The van der Waals surface area contributed by atoms with Crippen LogP contribution in [0.4, 0.5) is 5.00 Å². The van der Waals surface area contributed by atoms with Gasteiger partial charge in [0.2, 0.25) is 0 Å². The Bertz CT molecular complexity index is 810. The molecule has 1 fully saturated rings. The van der Waals surface area contributed by atoms with Gasteiger partial charge >= 0.3 is 0 Å². The molecule has 0 radical (unpaired) electrons. The van der Waals surface area contributed by atoms with Gasteiger partial charge in [-0.05, 0) is 43.4 Å². The quantitative estimate of drug-likeness (QED) is 0.901. The minimum atomic E-state index is -0.166. The van der Waals surface area contributed by atoms with E-state index in [1.165, 1.54) is 4.88 Å². The Kier molecular flexibility index (Phi) is 5.04. The number of morpholine rings is 1. The lowest BCUT2D eigenvalue weighted by atomic mass is 9.95. The summed E-state index contributed by atoms with van der Waals surface area (Å²) in [7, 11) is 0. The molecule has 2 amide bonds. The Morgan fingerprint density at radius 3 is 2.54 bits per heavy atom. The normalized spacial score (nSPS) is 16.8. The van der Waals surface area contributed by atoms with Crippen LogP contribution in [0.3, 0.4) is 0 Å². The number of hydrogen-bond donors (Lipinski definition) is 1. The SMILES string of the molecule is O=C(Nc1sc2c(c1C(=O)N1CCOCC1)CCCC2)c1ccccc1. The van der Waals surface area contributed by atoms with Gasteiger partial charge in [-0.25, -0.2) is 0 Å². The lowest BCUT2D eigenvalue weighted by Crippen LogP contribution is -2.41. The van der Waals surface area contributed by atoms with Gasteiger partial charge in [-0.15, -0.1) is 11.3 Å². The van der Waals surface area contributed by atoms with Crippen LogP contribution in [-0.4, -0.2) is 43.0 Å². The number of fused-ring (bicyclic) bond motifs is 1. The summed E-state index contributed by atoms with van der Waals surface area (Å²) in [5.74, 6) is -0.142. The third-order valence-electron chi connectivity index (χ3n) is 4.95. The van der Waals surface area contributed by atoms with E-state index in [-0.39, 0.29) is 11.8 Å². The van der Waals surface area contributed by atoms with Gasteiger partial charge in [-0.3, -0.25) is 9.59 Å². The lowest BCUT2D eigenvalue weighted by molar-refractivity contribution is 0.0303. The first-order chi connectivity index (χ1) is 12.7. The first-order valence-corrected chi connectivity index (χ1v) is 9.93. The minimum absolute atomic E-state index is 0.0241. The van der Waals surface area contributed by atoms with Crippen molar-refractivity contribution in [1.29, 1.82) is 0 Å². The summed E-state index contributed by atoms with van der Waals surface area (Å²) in [6, 6.07) is 9.13. The number of nitrogens with zero attached hydrogens (tertiary/aromatic N) is 1. The third-order valence-corrected chi connectivity index (χ3v) is 6.15. The van der Waals surface area contributed by atoms with Crippen LogP contribution >= 0.6 is 11.3 Å². The van der Waals surface area contributed by atoms with Crippen LogP contribution in [0.1, 0.15) is 44.0 Å². The first-order valence-electron chi connectivity index (χ1n) is 9.12. The number of aryl methyl sites for hydroxylation is 1. The molecule has 6 heteroatoms. The maximum atomic E-state index is 13.2. The number of ether oxygens (including phenoxy) is 1. The van der Waals surface area contributed by atoms with Crippen LogP contribution < -0.4 is 5.32 Å². The molecule has 0 atom stereocenters. The van der Waals surface area contributed by atoms with Gasteiger partial charge < -0.3 is 15.0 Å². The largest absolute Gasteiger partial charge is 0.378 e. The molecule has 2 heterocycles. The third kappa shape index (κ3) is 3.39. The summed E-state index contributed by atoms with van der Waals surface area (Å²) < 4.78 is 5.37. The van der Waals surface area contributed by atoms with Crippen molar-refractivity contribution in [2.24, 2.45) is 0 Å². The van der Waals surface area contributed by atoms with E-state index in [1.807, 2.05) is 23.1 Å².